The van der Waals surface area contributed by atoms with Crippen molar-refractivity contribution in [2.45, 2.75) is 24.3 Å². The normalized spacial score (nSPS) is 12.8. The van der Waals surface area contributed by atoms with Gasteiger partial charge in [0, 0.05) is 17.3 Å². The second-order valence-corrected chi connectivity index (χ2v) is 4.36. The summed E-state index contributed by atoms with van der Waals surface area (Å²) in [6.07, 6.45) is -0.0459. The lowest BCUT2D eigenvalue weighted by Crippen LogP contribution is -1.97. The standard InChI is InChI=1S/C11H15FO2S/c1-8(14)9-4-2-5-10(12)11(9)15-7-3-6-13/h2,4-5,8,13-14H,3,6-7H2,1H3/t8-/m1/s1. The third-order valence-corrected chi connectivity index (χ3v) is 3.21. The highest BCUT2D eigenvalue weighted by molar-refractivity contribution is 7.99. The van der Waals surface area contributed by atoms with Gasteiger partial charge in [-0.2, -0.15) is 0 Å². The summed E-state index contributed by atoms with van der Waals surface area (Å²) in [5.74, 6) is 0.341. The Morgan fingerprint density at radius 1 is 1.47 bits per heavy atom. The van der Waals surface area contributed by atoms with Gasteiger partial charge in [0.25, 0.3) is 0 Å². The molecule has 1 rings (SSSR count). The molecule has 2 nitrogen and oxygen atoms in total. The van der Waals surface area contributed by atoms with E-state index in [4.69, 9.17) is 5.11 Å². The predicted octanol–water partition coefficient (Wildman–Crippen LogP) is 2.35. The summed E-state index contributed by atoms with van der Waals surface area (Å²) in [7, 11) is 0. The molecule has 0 unspecified atom stereocenters. The van der Waals surface area contributed by atoms with Crippen LogP contribution in [0.15, 0.2) is 23.1 Å². The molecule has 0 aromatic heterocycles. The molecule has 0 bridgehead atoms. The maximum atomic E-state index is 13.4. The van der Waals surface area contributed by atoms with Gasteiger partial charge in [-0.25, -0.2) is 4.39 Å². The highest BCUT2D eigenvalue weighted by Gasteiger charge is 2.12. The molecule has 1 atom stereocenters. The minimum atomic E-state index is -0.669. The van der Waals surface area contributed by atoms with Gasteiger partial charge < -0.3 is 10.2 Å². The number of hydrogen-bond donors (Lipinski definition) is 2. The monoisotopic (exact) mass is 230 g/mol. The Morgan fingerprint density at radius 2 is 2.20 bits per heavy atom. The molecule has 0 heterocycles. The number of thioether (sulfide) groups is 1. The van der Waals surface area contributed by atoms with Gasteiger partial charge in [0.15, 0.2) is 0 Å². The zero-order chi connectivity index (χ0) is 11.3. The Balaban J connectivity index is 2.82. The van der Waals surface area contributed by atoms with Crippen LogP contribution in [0.5, 0.6) is 0 Å². The van der Waals surface area contributed by atoms with Gasteiger partial charge in [0.2, 0.25) is 0 Å². The van der Waals surface area contributed by atoms with Crippen molar-refractivity contribution < 1.29 is 14.6 Å². The molecular weight excluding hydrogens is 215 g/mol. The third-order valence-electron chi connectivity index (χ3n) is 2.00. The van der Waals surface area contributed by atoms with Gasteiger partial charge in [0.1, 0.15) is 5.82 Å². The summed E-state index contributed by atoms with van der Waals surface area (Å²) in [5, 5.41) is 18.1. The van der Waals surface area contributed by atoms with E-state index in [-0.39, 0.29) is 12.4 Å². The maximum absolute atomic E-state index is 13.4. The maximum Gasteiger partial charge on any atom is 0.137 e. The number of aliphatic hydroxyl groups excluding tert-OH is 2. The zero-order valence-electron chi connectivity index (χ0n) is 8.61. The Hall–Kier alpha value is -0.580. The van der Waals surface area contributed by atoms with Crippen molar-refractivity contribution in [3.05, 3.63) is 29.6 Å². The van der Waals surface area contributed by atoms with Crippen LogP contribution in [0.1, 0.15) is 25.0 Å². The number of rotatable bonds is 5. The fraction of sp³-hybridized carbons (Fsp3) is 0.455. The van der Waals surface area contributed by atoms with E-state index in [1.807, 2.05) is 0 Å². The predicted molar refractivity (Wildman–Crippen MR) is 59.5 cm³/mol. The number of benzene rings is 1. The summed E-state index contributed by atoms with van der Waals surface area (Å²) >= 11 is 1.33. The summed E-state index contributed by atoms with van der Waals surface area (Å²) < 4.78 is 13.4. The Morgan fingerprint density at radius 3 is 2.80 bits per heavy atom. The molecule has 84 valence electrons. The summed E-state index contributed by atoms with van der Waals surface area (Å²) in [6, 6.07) is 4.69. The lowest BCUT2D eigenvalue weighted by Gasteiger charge is -2.11. The van der Waals surface area contributed by atoms with Crippen molar-refractivity contribution in [2.24, 2.45) is 0 Å². The first kappa shape index (κ1) is 12.5. The second kappa shape index (κ2) is 6.10. The van der Waals surface area contributed by atoms with Crippen molar-refractivity contribution in [3.8, 4) is 0 Å². The fourth-order valence-electron chi connectivity index (χ4n) is 1.25. The van der Waals surface area contributed by atoms with E-state index in [9.17, 15) is 9.50 Å². The largest absolute Gasteiger partial charge is 0.396 e. The van der Waals surface area contributed by atoms with Gasteiger partial charge in [-0.3, -0.25) is 0 Å². The van der Waals surface area contributed by atoms with Gasteiger partial charge in [-0.15, -0.1) is 11.8 Å². The fourth-order valence-corrected chi connectivity index (χ4v) is 2.33. The SMILES string of the molecule is C[C@@H](O)c1cccc(F)c1SCCCO. The van der Waals surface area contributed by atoms with Crippen molar-refractivity contribution in [1.29, 1.82) is 0 Å². The molecule has 0 fully saturated rings. The van der Waals surface area contributed by atoms with Crippen molar-refractivity contribution in [2.75, 3.05) is 12.4 Å². The molecule has 0 amide bonds. The summed E-state index contributed by atoms with van der Waals surface area (Å²) in [4.78, 5) is 0.487. The van der Waals surface area contributed by atoms with Crippen LogP contribution in [-0.4, -0.2) is 22.6 Å². The smallest absolute Gasteiger partial charge is 0.137 e. The van der Waals surface area contributed by atoms with Crippen molar-refractivity contribution in [3.63, 3.8) is 0 Å². The number of hydrogen-bond acceptors (Lipinski definition) is 3. The first-order valence-electron chi connectivity index (χ1n) is 4.87. The van der Waals surface area contributed by atoms with E-state index in [0.29, 0.717) is 22.6 Å². The molecular formula is C11H15FO2S. The molecule has 15 heavy (non-hydrogen) atoms. The minimum Gasteiger partial charge on any atom is -0.396 e. The molecule has 0 saturated carbocycles. The van der Waals surface area contributed by atoms with Crippen molar-refractivity contribution in [1.82, 2.24) is 0 Å². The minimum absolute atomic E-state index is 0.103. The van der Waals surface area contributed by atoms with E-state index < -0.39 is 6.10 Å². The Labute approximate surface area is 93.1 Å². The molecule has 1 aromatic rings. The Kier molecular flexibility index (Phi) is 5.08. The van der Waals surface area contributed by atoms with Gasteiger partial charge in [-0.05, 0) is 25.0 Å². The van der Waals surface area contributed by atoms with Crippen LogP contribution in [0, 0.1) is 5.82 Å². The van der Waals surface area contributed by atoms with Crippen LogP contribution in [0.3, 0.4) is 0 Å². The van der Waals surface area contributed by atoms with Crippen molar-refractivity contribution >= 4 is 11.8 Å². The molecule has 2 N–H and O–H groups in total. The van der Waals surface area contributed by atoms with Crippen LogP contribution in [0.2, 0.25) is 0 Å². The molecule has 4 heteroatoms. The quantitative estimate of drug-likeness (QED) is 0.602. The lowest BCUT2D eigenvalue weighted by molar-refractivity contribution is 0.195. The highest BCUT2D eigenvalue weighted by atomic mass is 32.2. The molecule has 0 aliphatic carbocycles. The average molecular weight is 230 g/mol. The van der Waals surface area contributed by atoms with Crippen LogP contribution in [-0.2, 0) is 0 Å². The van der Waals surface area contributed by atoms with E-state index in [1.165, 1.54) is 17.8 Å². The highest BCUT2D eigenvalue weighted by Crippen LogP contribution is 2.30. The van der Waals surface area contributed by atoms with Crippen LogP contribution in [0.25, 0.3) is 0 Å². The van der Waals surface area contributed by atoms with Gasteiger partial charge >= 0.3 is 0 Å². The first-order valence-corrected chi connectivity index (χ1v) is 5.85. The van der Waals surface area contributed by atoms with Crippen LogP contribution < -0.4 is 0 Å². The van der Waals surface area contributed by atoms with Crippen LogP contribution >= 0.6 is 11.8 Å². The van der Waals surface area contributed by atoms with E-state index in [1.54, 1.807) is 19.1 Å². The molecule has 0 saturated heterocycles. The van der Waals surface area contributed by atoms with Gasteiger partial charge in [0.05, 0.1) is 6.10 Å². The van der Waals surface area contributed by atoms with E-state index >= 15 is 0 Å². The lowest BCUT2D eigenvalue weighted by atomic mass is 10.1. The summed E-state index contributed by atoms with van der Waals surface area (Å²) in [5.41, 5.74) is 0.609. The summed E-state index contributed by atoms with van der Waals surface area (Å²) in [6.45, 7) is 1.72. The molecule has 0 spiro atoms. The van der Waals surface area contributed by atoms with E-state index in [0.717, 1.165) is 0 Å². The Bertz CT molecular complexity index is 315. The second-order valence-electron chi connectivity index (χ2n) is 3.26. The zero-order valence-corrected chi connectivity index (χ0v) is 9.43. The van der Waals surface area contributed by atoms with Gasteiger partial charge in [-0.1, -0.05) is 12.1 Å². The number of aliphatic hydroxyl groups is 2. The number of halogens is 1. The van der Waals surface area contributed by atoms with Crippen LogP contribution in [0.4, 0.5) is 4.39 Å². The molecule has 0 aliphatic heterocycles. The van der Waals surface area contributed by atoms with E-state index in [2.05, 4.69) is 0 Å². The molecule has 1 aromatic carbocycles. The molecule has 0 aliphatic rings. The molecule has 0 radical (unpaired) electrons. The topological polar surface area (TPSA) is 40.5 Å². The third kappa shape index (κ3) is 3.48. The first-order chi connectivity index (χ1) is 7.16. The average Bonchev–Trinajstić information content (AvgIpc) is 2.20.